The fraction of sp³-hybridized carbons (Fsp3) is 0.143. The zero-order valence-electron chi connectivity index (χ0n) is 10.0. The zero-order valence-corrected chi connectivity index (χ0v) is 10.8. The Morgan fingerprint density at radius 2 is 1.83 bits per heavy atom. The van der Waals surface area contributed by atoms with Crippen molar-refractivity contribution in [2.45, 2.75) is 6.54 Å². The lowest BCUT2D eigenvalue weighted by atomic mass is 10.2. The van der Waals surface area contributed by atoms with E-state index in [9.17, 15) is 0 Å². The van der Waals surface area contributed by atoms with Gasteiger partial charge in [0.2, 0.25) is 0 Å². The predicted octanol–water partition coefficient (Wildman–Crippen LogP) is 3.28. The average molecular weight is 261 g/mol. The van der Waals surface area contributed by atoms with Crippen LogP contribution in [0.4, 0.5) is 0 Å². The maximum Gasteiger partial charge on any atom is 0.131 e. The smallest absolute Gasteiger partial charge is 0.131 e. The molecular weight excluding hydrogens is 248 g/mol. The van der Waals surface area contributed by atoms with Crippen LogP contribution in [0.1, 0.15) is 11.1 Å². The lowest BCUT2D eigenvalue weighted by Gasteiger charge is -2.02. The Kier molecular flexibility index (Phi) is 4.31. The summed E-state index contributed by atoms with van der Waals surface area (Å²) in [4.78, 5) is 8.27. The number of hydrogen-bond acceptors (Lipinski definition) is 3. The number of hydrogen-bond donors (Lipinski definition) is 0. The normalized spacial score (nSPS) is 11.3. The maximum atomic E-state index is 6.11. The fourth-order valence-corrected chi connectivity index (χ4v) is 1.66. The van der Waals surface area contributed by atoms with Crippen molar-refractivity contribution in [3.63, 3.8) is 0 Å². The number of ether oxygens (including phenoxy) is 1. The number of rotatable bonds is 4. The highest BCUT2D eigenvalue weighted by Gasteiger charge is 1.99. The Morgan fingerprint density at radius 3 is 2.44 bits per heavy atom. The summed E-state index contributed by atoms with van der Waals surface area (Å²) < 4.78 is 5.10. The van der Waals surface area contributed by atoms with Crippen molar-refractivity contribution in [2.75, 3.05) is 7.11 Å². The van der Waals surface area contributed by atoms with Crippen LogP contribution >= 0.6 is 11.6 Å². The van der Waals surface area contributed by atoms with E-state index in [-0.39, 0.29) is 0 Å². The van der Waals surface area contributed by atoms with Gasteiger partial charge in [-0.2, -0.15) is 0 Å². The zero-order chi connectivity index (χ0) is 12.8. The Labute approximate surface area is 111 Å². The van der Waals surface area contributed by atoms with E-state index in [4.69, 9.17) is 16.3 Å². The van der Waals surface area contributed by atoms with E-state index in [0.717, 1.165) is 16.9 Å². The number of halogens is 1. The third kappa shape index (κ3) is 3.31. The van der Waals surface area contributed by atoms with Crippen molar-refractivity contribution in [3.8, 4) is 5.75 Å². The molecule has 3 nitrogen and oxygen atoms in total. The Balaban J connectivity index is 2.05. The topological polar surface area (TPSA) is 34.5 Å². The Hall–Kier alpha value is -1.87. The second-order valence-corrected chi connectivity index (χ2v) is 4.05. The summed E-state index contributed by atoms with van der Waals surface area (Å²) in [7, 11) is 1.65. The molecule has 0 aliphatic rings. The van der Waals surface area contributed by atoms with Crippen molar-refractivity contribution < 1.29 is 4.74 Å². The first-order chi connectivity index (χ1) is 8.79. The van der Waals surface area contributed by atoms with Crippen molar-refractivity contribution in [3.05, 3.63) is 59.9 Å². The molecule has 4 heteroatoms. The molecule has 0 saturated carbocycles. The van der Waals surface area contributed by atoms with Crippen molar-refractivity contribution in [1.82, 2.24) is 4.98 Å². The molecule has 0 atom stereocenters. The highest BCUT2D eigenvalue weighted by atomic mass is 35.5. The molecule has 2 rings (SSSR count). The molecule has 0 amide bonds. The minimum atomic E-state index is 0.494. The first-order valence-electron chi connectivity index (χ1n) is 5.53. The molecule has 1 heterocycles. The van der Waals surface area contributed by atoms with Gasteiger partial charge < -0.3 is 4.74 Å². The summed E-state index contributed by atoms with van der Waals surface area (Å²) in [6, 6.07) is 11.4. The van der Waals surface area contributed by atoms with E-state index in [1.807, 2.05) is 36.4 Å². The van der Waals surface area contributed by atoms with Crippen LogP contribution in [-0.4, -0.2) is 17.3 Å². The Bertz CT molecular complexity index is 523. The van der Waals surface area contributed by atoms with Crippen molar-refractivity contribution >= 4 is 16.8 Å². The van der Waals surface area contributed by atoms with Crippen LogP contribution < -0.4 is 4.74 Å². The van der Waals surface area contributed by atoms with E-state index in [1.54, 1.807) is 19.5 Å². The minimum Gasteiger partial charge on any atom is -0.497 e. The van der Waals surface area contributed by atoms with Gasteiger partial charge >= 0.3 is 0 Å². The SMILES string of the molecule is COc1ccc(CN=C(Cl)c2ccncc2)cc1. The van der Waals surface area contributed by atoms with Gasteiger partial charge in [-0.15, -0.1) is 0 Å². The predicted molar refractivity (Wildman–Crippen MR) is 73.3 cm³/mol. The van der Waals surface area contributed by atoms with E-state index in [2.05, 4.69) is 9.98 Å². The second kappa shape index (κ2) is 6.17. The van der Waals surface area contributed by atoms with E-state index in [0.29, 0.717) is 11.7 Å². The van der Waals surface area contributed by atoms with E-state index >= 15 is 0 Å². The van der Waals surface area contributed by atoms with Gasteiger partial charge in [0, 0.05) is 18.0 Å². The lowest BCUT2D eigenvalue weighted by molar-refractivity contribution is 0.414. The number of nitrogens with zero attached hydrogens (tertiary/aromatic N) is 2. The summed E-state index contributed by atoms with van der Waals surface area (Å²) in [6.07, 6.45) is 3.39. The molecule has 2 aromatic rings. The first-order valence-corrected chi connectivity index (χ1v) is 5.90. The molecular formula is C14H13ClN2O. The minimum absolute atomic E-state index is 0.494. The van der Waals surface area contributed by atoms with Crippen LogP contribution in [-0.2, 0) is 6.54 Å². The molecule has 0 spiro atoms. The number of aromatic nitrogens is 1. The van der Waals surface area contributed by atoms with Gasteiger partial charge in [0.15, 0.2) is 0 Å². The molecule has 0 radical (unpaired) electrons. The monoisotopic (exact) mass is 260 g/mol. The van der Waals surface area contributed by atoms with E-state index < -0.39 is 0 Å². The fourth-order valence-electron chi connectivity index (χ4n) is 1.47. The standard InChI is InChI=1S/C14H13ClN2O/c1-18-13-4-2-11(3-5-13)10-17-14(15)12-6-8-16-9-7-12/h2-9H,10H2,1H3. The third-order valence-corrected chi connectivity index (χ3v) is 2.82. The molecule has 0 unspecified atom stereocenters. The molecule has 0 bridgehead atoms. The Morgan fingerprint density at radius 1 is 1.17 bits per heavy atom. The first kappa shape index (κ1) is 12.6. The van der Waals surface area contributed by atoms with Gasteiger partial charge in [-0.25, -0.2) is 0 Å². The summed E-state index contributed by atoms with van der Waals surface area (Å²) in [5.41, 5.74) is 1.96. The third-order valence-electron chi connectivity index (χ3n) is 2.48. The molecule has 0 fully saturated rings. The van der Waals surface area contributed by atoms with Gasteiger partial charge in [-0.1, -0.05) is 23.7 Å². The average Bonchev–Trinajstić information content (AvgIpc) is 2.46. The number of benzene rings is 1. The van der Waals surface area contributed by atoms with Crippen LogP contribution in [0.25, 0.3) is 0 Å². The molecule has 18 heavy (non-hydrogen) atoms. The molecule has 92 valence electrons. The van der Waals surface area contributed by atoms with Gasteiger partial charge in [0.25, 0.3) is 0 Å². The highest BCUT2D eigenvalue weighted by Crippen LogP contribution is 2.13. The van der Waals surface area contributed by atoms with Gasteiger partial charge in [0.05, 0.1) is 13.7 Å². The number of aliphatic imine (C=N–C) groups is 1. The van der Waals surface area contributed by atoms with Crippen molar-refractivity contribution in [1.29, 1.82) is 0 Å². The van der Waals surface area contributed by atoms with Gasteiger partial charge in [0.1, 0.15) is 10.9 Å². The molecule has 1 aromatic carbocycles. The lowest BCUT2D eigenvalue weighted by Crippen LogP contribution is -1.93. The molecule has 0 N–H and O–H groups in total. The van der Waals surface area contributed by atoms with Gasteiger partial charge in [-0.05, 0) is 29.8 Å². The van der Waals surface area contributed by atoms with Crippen molar-refractivity contribution in [2.24, 2.45) is 4.99 Å². The quantitative estimate of drug-likeness (QED) is 0.791. The molecule has 0 saturated heterocycles. The van der Waals surface area contributed by atoms with Crippen LogP contribution in [0, 0.1) is 0 Å². The summed E-state index contributed by atoms with van der Waals surface area (Å²) >= 11 is 6.11. The van der Waals surface area contributed by atoms with Crippen LogP contribution in [0.5, 0.6) is 5.75 Å². The number of methoxy groups -OCH3 is 1. The molecule has 0 aliphatic carbocycles. The maximum absolute atomic E-state index is 6.11. The number of pyridine rings is 1. The largest absolute Gasteiger partial charge is 0.497 e. The molecule has 1 aromatic heterocycles. The highest BCUT2D eigenvalue weighted by molar-refractivity contribution is 6.69. The summed E-state index contributed by atoms with van der Waals surface area (Å²) in [5, 5.41) is 0.494. The van der Waals surface area contributed by atoms with E-state index in [1.165, 1.54) is 0 Å². The summed E-state index contributed by atoms with van der Waals surface area (Å²) in [5.74, 6) is 0.836. The second-order valence-electron chi connectivity index (χ2n) is 3.69. The van der Waals surface area contributed by atoms with Gasteiger partial charge in [-0.3, -0.25) is 9.98 Å². The summed E-state index contributed by atoms with van der Waals surface area (Å²) in [6.45, 7) is 0.547. The van der Waals surface area contributed by atoms with Crippen LogP contribution in [0.2, 0.25) is 0 Å². The molecule has 0 aliphatic heterocycles. The van der Waals surface area contributed by atoms with Crippen LogP contribution in [0.3, 0.4) is 0 Å². The van der Waals surface area contributed by atoms with Crippen LogP contribution in [0.15, 0.2) is 53.8 Å².